The van der Waals surface area contributed by atoms with Gasteiger partial charge in [0, 0.05) is 0 Å². The van der Waals surface area contributed by atoms with E-state index in [2.05, 4.69) is 158 Å². The largest absolute Gasteiger partial charge is 0.0636 e. The Labute approximate surface area is 792 Å². The topological polar surface area (TPSA) is 0 Å². The van der Waals surface area contributed by atoms with Gasteiger partial charge in [0.2, 0.25) is 0 Å². The summed E-state index contributed by atoms with van der Waals surface area (Å²) in [5.74, 6) is 0. The summed E-state index contributed by atoms with van der Waals surface area (Å²) in [6.07, 6.45) is 0. The lowest BCUT2D eigenvalue weighted by Crippen LogP contribution is -1.92. The van der Waals surface area contributed by atoms with E-state index in [-0.39, 0.29) is 53.1 Å². The van der Waals surface area contributed by atoms with Crippen LogP contribution in [0.2, 0.25) is 0 Å². The zero-order chi connectivity index (χ0) is 115. The van der Waals surface area contributed by atoms with Crippen molar-refractivity contribution >= 4 is 151 Å². The molecular weight excluding hydrogens is 1540 g/mol. The second kappa shape index (κ2) is 31.9. The van der Waals surface area contributed by atoms with Crippen LogP contribution in [0.25, 0.3) is 251 Å². The first kappa shape index (κ1) is 47.3. The maximum absolute atomic E-state index is 10.2. The molecule has 0 spiro atoms. The second-order valence-corrected chi connectivity index (χ2v) is 31.2. The molecule has 0 heteroatoms. The highest BCUT2D eigenvalue weighted by molar-refractivity contribution is 6.27. The first-order valence-corrected chi connectivity index (χ1v) is 41.6. The van der Waals surface area contributed by atoms with Crippen LogP contribution in [0.15, 0.2) is 497 Å². The molecule has 0 aliphatic heterocycles. The van der Waals surface area contributed by atoms with Gasteiger partial charge in [-0.25, -0.2) is 0 Å². The van der Waals surface area contributed by atoms with Crippen LogP contribution in [-0.2, 0) is 0 Å². The smallest absolute Gasteiger partial charge is 0.0622 e. The van der Waals surface area contributed by atoms with Crippen LogP contribution in [0.5, 0.6) is 0 Å². The summed E-state index contributed by atoms with van der Waals surface area (Å²) in [6.45, 7) is 0. The zero-order valence-electron chi connectivity index (χ0n) is 103. The second-order valence-electron chi connectivity index (χ2n) is 31.2. The Balaban J connectivity index is 0.000000133. The van der Waals surface area contributed by atoms with Crippen LogP contribution in [0.3, 0.4) is 0 Å². The van der Waals surface area contributed by atoms with Gasteiger partial charge >= 0.3 is 0 Å². The fourth-order valence-electron chi connectivity index (χ4n) is 18.0. The number of hydrogen-bond acceptors (Lipinski definition) is 0. The van der Waals surface area contributed by atoms with Gasteiger partial charge in [0.05, 0.1) is 48.0 Å². The Bertz CT molecular complexity index is 11200. The lowest BCUT2D eigenvalue weighted by atomic mass is 9.84. The van der Waals surface area contributed by atoms with Gasteiger partial charge in [0.25, 0.3) is 0 Å². The van der Waals surface area contributed by atoms with E-state index in [0.29, 0.717) is 44.2 Å². The first-order chi connectivity index (χ1) is 78.1. The molecule has 0 nitrogen and oxygen atoms in total. The molecule has 0 atom stereocenters. The SMILES string of the molecule is [2H]c1c([2H])c([2H])c2c(-c3ccc4ccccc4c3)c3c([2H])c(-c4cccc5ccccc45)c([2H])c([2H])c3c(-c3ccc4ccccc4c3)c2c1[2H].[2H]c1c([2H])c([2H])c2c([2H])c(-c3c4c([2H])c([2H])c([2H])c([2H])c4c(-c4c([2H])c([2H])c5c([2H])c([2H])c([2H])c([2H])c5c4[2H])c4c([2H])c(-c5c([2H])c([2H])c([2H])c6c([2H])c([2H])c([2H])c([2H])c56)c([2H])c([2H])c34)c([2H])c([2H])c2c1[2H].c1ccc(-c2ccc3c(-c4ccc5ccccc5c4)c4ccccc4c(-c4ccc5ccccc5c4)c3c2)cc1. The molecule has 594 valence electrons. The van der Waals surface area contributed by atoms with Crippen molar-refractivity contribution in [1.82, 2.24) is 0 Å². The average molecular weight is 1660 g/mol. The van der Waals surface area contributed by atoms with Crippen LogP contribution in [0.1, 0.15) is 48.0 Å². The standard InChI is InChI=1S/2C44H28.C40H26/c2*1-3-13-32-26-35(22-20-29(32)10-1)43-39-17-7-8-18-40(39)44(36-23-21-30-11-2-4-14-33(30)27-36)42-28-34(24-25-41(42)43)38-19-9-15-31-12-5-6-16-37(31)38;1-2-10-27(11-3-1)32-22-23-37-38(26-32)40(34-21-19-29-13-5-7-15-31(29)25-34)36-17-9-8-16-35(36)39(37)33-20-18-28-12-4-6-14-30(28)24-33/h2*1-28H;1-26H/i1D,2D,3D,4D,5D,6D,7D,8D,9D,10D,11D,12D,13D,14D,15D,16D,17D,18D,19D,20D,21D,22D,23D,24D,25D,26D,27D,28D;7D,8D,17D,18D,24D,25D,28D;. The third kappa shape index (κ3) is 13.4. The molecule has 0 saturated carbocycles. The van der Waals surface area contributed by atoms with Gasteiger partial charge in [0.15, 0.2) is 0 Å². The van der Waals surface area contributed by atoms with E-state index >= 15 is 0 Å². The molecule has 26 aromatic rings. The molecular formula is C128H82. The summed E-state index contributed by atoms with van der Waals surface area (Å²) >= 11 is 0. The van der Waals surface area contributed by atoms with Gasteiger partial charge in [-0.05, 0) is 305 Å². The van der Waals surface area contributed by atoms with Crippen LogP contribution in [-0.4, -0.2) is 0 Å². The first-order valence-electron chi connectivity index (χ1n) is 59.1. The Morgan fingerprint density at radius 3 is 0.938 bits per heavy atom. The summed E-state index contributed by atoms with van der Waals surface area (Å²) in [5.41, 5.74) is 5.65. The van der Waals surface area contributed by atoms with E-state index in [0.717, 1.165) is 32.3 Å². The molecule has 0 heterocycles. The Morgan fingerprint density at radius 2 is 0.445 bits per heavy atom. The molecule has 0 amide bonds. The minimum atomic E-state index is -1.12. The molecule has 0 aliphatic carbocycles. The van der Waals surface area contributed by atoms with Gasteiger partial charge in [0.1, 0.15) is 0 Å². The summed E-state index contributed by atoms with van der Waals surface area (Å²) in [6, 6.07) is 70.5. The van der Waals surface area contributed by atoms with Gasteiger partial charge < -0.3 is 0 Å². The van der Waals surface area contributed by atoms with Crippen molar-refractivity contribution in [3.63, 3.8) is 0 Å². The number of rotatable bonds is 9. The van der Waals surface area contributed by atoms with Crippen LogP contribution < -0.4 is 0 Å². The number of fused-ring (bicyclic) bond motifs is 14. The predicted molar refractivity (Wildman–Crippen MR) is 553 cm³/mol. The monoisotopic (exact) mass is 1650 g/mol. The molecule has 0 aliphatic rings. The van der Waals surface area contributed by atoms with E-state index in [1.54, 1.807) is 0 Å². The van der Waals surface area contributed by atoms with Gasteiger partial charge in [-0.3, -0.25) is 0 Å². The molecule has 0 radical (unpaired) electrons. The van der Waals surface area contributed by atoms with Gasteiger partial charge in [-0.2, -0.15) is 0 Å². The molecule has 0 fully saturated rings. The minimum Gasteiger partial charge on any atom is -0.0622 e. The molecule has 0 N–H and O–H groups in total. The van der Waals surface area contributed by atoms with Crippen LogP contribution in [0.4, 0.5) is 0 Å². The number of hydrogen-bond donors (Lipinski definition) is 0. The third-order valence-electron chi connectivity index (χ3n) is 23.9. The van der Waals surface area contributed by atoms with E-state index < -0.39 is 256 Å². The van der Waals surface area contributed by atoms with E-state index in [1.165, 1.54) is 76.5 Å². The highest BCUT2D eigenvalue weighted by Crippen LogP contribution is 2.51. The van der Waals surface area contributed by atoms with Crippen LogP contribution >= 0.6 is 0 Å². The molecule has 0 saturated heterocycles. The van der Waals surface area contributed by atoms with E-state index in [9.17, 15) is 21.9 Å². The molecule has 26 aromatic carbocycles. The summed E-state index contributed by atoms with van der Waals surface area (Å²) in [5, 5.41) is 9.81. The maximum atomic E-state index is 10.2. The third-order valence-corrected chi connectivity index (χ3v) is 23.9. The summed E-state index contributed by atoms with van der Waals surface area (Å²) in [4.78, 5) is 0. The van der Waals surface area contributed by atoms with Gasteiger partial charge in [-0.1, -0.05) is 442 Å². The fourth-order valence-corrected chi connectivity index (χ4v) is 18.0. The van der Waals surface area contributed by atoms with E-state index in [4.69, 9.17) is 26.0 Å². The zero-order valence-corrected chi connectivity index (χ0v) is 67.6. The van der Waals surface area contributed by atoms with Gasteiger partial charge in [-0.15, -0.1) is 0 Å². The van der Waals surface area contributed by atoms with Crippen molar-refractivity contribution in [3.8, 4) is 100 Å². The fraction of sp³-hybridized carbons (Fsp3) is 0. The summed E-state index contributed by atoms with van der Waals surface area (Å²) < 4.78 is 318. The van der Waals surface area contributed by atoms with Crippen LogP contribution in [0, 0.1) is 0 Å². The molecule has 0 unspecified atom stereocenters. The average Bonchev–Trinajstić information content (AvgIpc) is 0.676. The Kier molecular flexibility index (Phi) is 11.8. The summed E-state index contributed by atoms with van der Waals surface area (Å²) in [7, 11) is 0. The molecule has 26 rings (SSSR count). The molecule has 0 bridgehead atoms. The Hall–Kier alpha value is -16.6. The normalized spacial score (nSPS) is 15.4. The van der Waals surface area contributed by atoms with Crippen molar-refractivity contribution in [1.29, 1.82) is 0 Å². The molecule has 0 aromatic heterocycles. The van der Waals surface area contributed by atoms with E-state index in [1.807, 2.05) is 127 Å². The van der Waals surface area contributed by atoms with Crippen molar-refractivity contribution < 1.29 is 48.0 Å². The van der Waals surface area contributed by atoms with Crippen molar-refractivity contribution in [2.75, 3.05) is 0 Å². The quantitative estimate of drug-likeness (QED) is 0.126. The molecule has 128 heavy (non-hydrogen) atoms. The van der Waals surface area contributed by atoms with Crippen molar-refractivity contribution in [2.45, 2.75) is 0 Å². The van der Waals surface area contributed by atoms with Crippen molar-refractivity contribution in [2.24, 2.45) is 0 Å². The van der Waals surface area contributed by atoms with Crippen molar-refractivity contribution in [3.05, 3.63) is 497 Å². The number of benzene rings is 26. The lowest BCUT2D eigenvalue weighted by molar-refractivity contribution is 1.64. The maximum Gasteiger partial charge on any atom is 0.0636 e. The lowest BCUT2D eigenvalue weighted by Gasteiger charge is -2.19. The minimum absolute atomic E-state index is 0.0295. The Morgan fingerprint density at radius 1 is 0.117 bits per heavy atom. The highest BCUT2D eigenvalue weighted by atomic mass is 14.3. The highest BCUT2D eigenvalue weighted by Gasteiger charge is 2.24. The predicted octanol–water partition coefficient (Wildman–Crippen LogP) is 36.2.